The van der Waals surface area contributed by atoms with Crippen molar-refractivity contribution in [2.75, 3.05) is 27.9 Å². The summed E-state index contributed by atoms with van der Waals surface area (Å²) >= 11 is 6.66. The Labute approximate surface area is 239 Å². The molecule has 204 valence electrons. The lowest BCUT2D eigenvalue weighted by molar-refractivity contribution is -0.120. The standard InChI is InChI=1S/C26H22Br2FN3O7/c1-36-20-9-15(10-21(37-2)24(20)38-3)25(34)30-13-22(33)32-31-12-16-7-17(27)11-19(28)23(16)39-26(35)14-5-4-6-18(29)8-14/h4-12H,13H2,1-3H3,(H,30,34)(H,32,33)/b31-12-. The molecule has 3 aromatic carbocycles. The van der Waals surface area contributed by atoms with Crippen LogP contribution >= 0.6 is 31.9 Å². The van der Waals surface area contributed by atoms with Crippen LogP contribution in [-0.2, 0) is 4.79 Å². The second kappa shape index (κ2) is 13.7. The van der Waals surface area contributed by atoms with Gasteiger partial charge in [0.1, 0.15) is 5.82 Å². The third-order valence-corrected chi connectivity index (χ3v) is 6.07. The largest absolute Gasteiger partial charge is 0.493 e. The van der Waals surface area contributed by atoms with Crippen LogP contribution < -0.4 is 29.7 Å². The van der Waals surface area contributed by atoms with Crippen LogP contribution in [0.15, 0.2) is 62.6 Å². The van der Waals surface area contributed by atoms with E-state index in [1.165, 1.54) is 57.9 Å². The summed E-state index contributed by atoms with van der Waals surface area (Å²) in [6, 6.07) is 11.2. The summed E-state index contributed by atoms with van der Waals surface area (Å²) < 4.78 is 35.7. The normalized spacial score (nSPS) is 10.6. The smallest absolute Gasteiger partial charge is 0.343 e. The number of ether oxygens (including phenoxy) is 4. The van der Waals surface area contributed by atoms with Gasteiger partial charge in [0, 0.05) is 15.6 Å². The van der Waals surface area contributed by atoms with E-state index in [2.05, 4.69) is 47.7 Å². The number of carbonyl (C=O) groups is 3. The number of methoxy groups -OCH3 is 3. The lowest BCUT2D eigenvalue weighted by Crippen LogP contribution is -2.35. The number of rotatable bonds is 10. The Hall–Kier alpha value is -3.97. The van der Waals surface area contributed by atoms with Crippen molar-refractivity contribution in [3.63, 3.8) is 0 Å². The molecular weight excluding hydrogens is 645 g/mol. The van der Waals surface area contributed by atoms with Crippen LogP contribution in [0, 0.1) is 5.82 Å². The number of benzene rings is 3. The highest BCUT2D eigenvalue weighted by atomic mass is 79.9. The van der Waals surface area contributed by atoms with E-state index < -0.39 is 30.1 Å². The summed E-state index contributed by atoms with van der Waals surface area (Å²) in [5.41, 5.74) is 2.81. The van der Waals surface area contributed by atoms with E-state index in [1.54, 1.807) is 12.1 Å². The highest BCUT2D eigenvalue weighted by Gasteiger charge is 2.18. The van der Waals surface area contributed by atoms with Gasteiger partial charge in [-0.05, 0) is 58.4 Å². The van der Waals surface area contributed by atoms with Gasteiger partial charge in [0.2, 0.25) is 5.75 Å². The van der Waals surface area contributed by atoms with Crippen LogP contribution in [0.25, 0.3) is 0 Å². The summed E-state index contributed by atoms with van der Waals surface area (Å²) in [7, 11) is 4.28. The zero-order valence-corrected chi connectivity index (χ0v) is 24.0. The number of hydrogen-bond acceptors (Lipinski definition) is 8. The minimum atomic E-state index is -0.786. The number of carbonyl (C=O) groups excluding carboxylic acids is 3. The summed E-state index contributed by atoms with van der Waals surface area (Å²) in [5, 5.41) is 6.36. The van der Waals surface area contributed by atoms with Gasteiger partial charge in [-0.1, -0.05) is 22.0 Å². The van der Waals surface area contributed by atoms with E-state index in [1.807, 2.05) is 0 Å². The number of halogens is 3. The molecule has 13 heteroatoms. The molecular formula is C26H22Br2FN3O7. The zero-order valence-electron chi connectivity index (χ0n) is 20.8. The van der Waals surface area contributed by atoms with Crippen LogP contribution in [0.2, 0.25) is 0 Å². The lowest BCUT2D eigenvalue weighted by atomic mass is 10.1. The predicted octanol–water partition coefficient (Wildman–Crippen LogP) is 4.48. The van der Waals surface area contributed by atoms with Gasteiger partial charge < -0.3 is 24.3 Å². The van der Waals surface area contributed by atoms with Crippen LogP contribution in [0.1, 0.15) is 26.3 Å². The van der Waals surface area contributed by atoms with E-state index in [-0.39, 0.29) is 28.4 Å². The number of hydrazone groups is 1. The predicted molar refractivity (Wildman–Crippen MR) is 147 cm³/mol. The topological polar surface area (TPSA) is 125 Å². The van der Waals surface area contributed by atoms with Gasteiger partial charge in [-0.15, -0.1) is 0 Å². The summed E-state index contributed by atoms with van der Waals surface area (Å²) in [4.78, 5) is 37.4. The van der Waals surface area contributed by atoms with E-state index in [4.69, 9.17) is 18.9 Å². The molecule has 0 unspecified atom stereocenters. The van der Waals surface area contributed by atoms with Crippen LogP contribution in [-0.4, -0.2) is 51.9 Å². The Morgan fingerprint density at radius 1 is 0.923 bits per heavy atom. The maximum atomic E-state index is 13.5. The van der Waals surface area contributed by atoms with Crippen molar-refractivity contribution >= 4 is 55.9 Å². The molecule has 0 aromatic heterocycles. The Kier molecular flexibility index (Phi) is 10.4. The zero-order chi connectivity index (χ0) is 28.5. The molecule has 0 aliphatic rings. The monoisotopic (exact) mass is 665 g/mol. The van der Waals surface area contributed by atoms with Crippen molar-refractivity contribution in [2.45, 2.75) is 0 Å². The summed E-state index contributed by atoms with van der Waals surface area (Å²) in [6.07, 6.45) is 1.25. The molecule has 0 heterocycles. The van der Waals surface area contributed by atoms with Crippen LogP contribution in [0.5, 0.6) is 23.0 Å². The van der Waals surface area contributed by atoms with E-state index >= 15 is 0 Å². The number of esters is 1. The van der Waals surface area contributed by atoms with Gasteiger partial charge in [-0.25, -0.2) is 14.6 Å². The van der Waals surface area contributed by atoms with Crippen molar-refractivity contribution in [3.05, 3.63) is 80.0 Å². The molecule has 3 aromatic rings. The van der Waals surface area contributed by atoms with Crippen molar-refractivity contribution in [1.29, 1.82) is 0 Å². The minimum Gasteiger partial charge on any atom is -0.493 e. The number of nitrogens with zero attached hydrogens (tertiary/aromatic N) is 1. The maximum Gasteiger partial charge on any atom is 0.343 e. The van der Waals surface area contributed by atoms with Crippen LogP contribution in [0.4, 0.5) is 4.39 Å². The molecule has 0 atom stereocenters. The second-order valence-electron chi connectivity index (χ2n) is 7.60. The first kappa shape index (κ1) is 29.6. The molecule has 39 heavy (non-hydrogen) atoms. The van der Waals surface area contributed by atoms with Crippen molar-refractivity contribution in [2.24, 2.45) is 5.10 Å². The molecule has 3 rings (SSSR count). The molecule has 0 aliphatic carbocycles. The molecule has 0 saturated carbocycles. The van der Waals surface area contributed by atoms with Gasteiger partial charge in [0.05, 0.1) is 44.1 Å². The number of nitrogens with one attached hydrogen (secondary N) is 2. The van der Waals surface area contributed by atoms with Crippen LogP contribution in [0.3, 0.4) is 0 Å². The molecule has 0 fully saturated rings. The third-order valence-electron chi connectivity index (χ3n) is 5.02. The average Bonchev–Trinajstić information content (AvgIpc) is 2.92. The Bertz CT molecular complexity index is 1410. The highest BCUT2D eigenvalue weighted by molar-refractivity contribution is 9.11. The van der Waals surface area contributed by atoms with Gasteiger partial charge in [0.25, 0.3) is 11.8 Å². The third kappa shape index (κ3) is 7.77. The van der Waals surface area contributed by atoms with Gasteiger partial charge in [0.15, 0.2) is 17.2 Å². The van der Waals surface area contributed by atoms with E-state index in [0.717, 1.165) is 6.07 Å². The van der Waals surface area contributed by atoms with Crippen molar-refractivity contribution in [3.8, 4) is 23.0 Å². The average molecular weight is 667 g/mol. The van der Waals surface area contributed by atoms with Gasteiger partial charge >= 0.3 is 5.97 Å². The molecule has 0 bridgehead atoms. The lowest BCUT2D eigenvalue weighted by Gasteiger charge is -2.14. The fraction of sp³-hybridized carbons (Fsp3) is 0.154. The molecule has 0 saturated heterocycles. The quantitative estimate of drug-likeness (QED) is 0.142. The summed E-state index contributed by atoms with van der Waals surface area (Å²) in [6.45, 7) is -0.392. The van der Waals surface area contributed by atoms with Gasteiger partial charge in [-0.3, -0.25) is 9.59 Å². The first-order valence-corrected chi connectivity index (χ1v) is 12.6. The molecule has 10 nitrogen and oxygen atoms in total. The molecule has 0 radical (unpaired) electrons. The Morgan fingerprint density at radius 2 is 1.62 bits per heavy atom. The fourth-order valence-electron chi connectivity index (χ4n) is 3.24. The Balaban J connectivity index is 1.66. The first-order chi connectivity index (χ1) is 18.7. The van der Waals surface area contributed by atoms with Crippen molar-refractivity contribution < 1.29 is 37.7 Å². The molecule has 0 aliphatic heterocycles. The fourth-order valence-corrected chi connectivity index (χ4v) is 4.58. The molecule has 2 N–H and O–H groups in total. The number of hydrogen-bond donors (Lipinski definition) is 2. The first-order valence-electron chi connectivity index (χ1n) is 11.0. The highest BCUT2D eigenvalue weighted by Crippen LogP contribution is 2.38. The minimum absolute atomic E-state index is 0.0175. The Morgan fingerprint density at radius 3 is 2.23 bits per heavy atom. The molecule has 0 spiro atoms. The maximum absolute atomic E-state index is 13.5. The van der Waals surface area contributed by atoms with E-state index in [0.29, 0.717) is 20.3 Å². The van der Waals surface area contributed by atoms with E-state index in [9.17, 15) is 18.8 Å². The number of amides is 2. The summed E-state index contributed by atoms with van der Waals surface area (Å²) in [5.74, 6) is -1.57. The second-order valence-corrected chi connectivity index (χ2v) is 9.37. The van der Waals surface area contributed by atoms with Crippen molar-refractivity contribution in [1.82, 2.24) is 10.7 Å². The molecule has 2 amide bonds. The van der Waals surface area contributed by atoms with Gasteiger partial charge in [-0.2, -0.15) is 5.10 Å². The SMILES string of the molecule is COc1cc(C(=O)NCC(=O)N/N=C\c2cc(Br)cc(Br)c2OC(=O)c2cccc(F)c2)cc(OC)c1OC.